The van der Waals surface area contributed by atoms with Crippen LogP contribution in [0.5, 0.6) is 0 Å². The molecule has 0 aliphatic carbocycles. The predicted octanol–water partition coefficient (Wildman–Crippen LogP) is 3.88. The Hall–Kier alpha value is -2.83. The summed E-state index contributed by atoms with van der Waals surface area (Å²) < 4.78 is 67.0. The summed E-state index contributed by atoms with van der Waals surface area (Å²) >= 11 is 6.14. The molecule has 1 saturated heterocycles. The first-order valence-corrected chi connectivity index (χ1v) is 11.6. The lowest BCUT2D eigenvalue weighted by Gasteiger charge is -2.22. The molecule has 34 heavy (non-hydrogen) atoms. The molecule has 2 atom stereocenters. The summed E-state index contributed by atoms with van der Waals surface area (Å²) in [4.78, 5) is 16.6. The smallest absolute Gasteiger partial charge is 0.350 e. The van der Waals surface area contributed by atoms with Crippen molar-refractivity contribution in [3.05, 3.63) is 71.0 Å². The lowest BCUT2D eigenvalue weighted by Crippen LogP contribution is -2.43. The fourth-order valence-electron chi connectivity index (χ4n) is 3.52. The van der Waals surface area contributed by atoms with Gasteiger partial charge in [0, 0.05) is 24.8 Å². The van der Waals surface area contributed by atoms with Crippen molar-refractivity contribution in [2.24, 2.45) is 0 Å². The molecule has 3 heterocycles. The molecular weight excluding hydrogens is 498 g/mol. The van der Waals surface area contributed by atoms with Gasteiger partial charge < -0.3 is 5.32 Å². The SMILES string of the molecule is O=C(NCc1cn(-c2ccc(C(F)(F)F)nc2)nc1Cl)[C@@H]1CCCN1S(=O)c1ccc(F)cc1. The van der Waals surface area contributed by atoms with E-state index in [1.807, 2.05) is 0 Å². The number of halogens is 5. The minimum absolute atomic E-state index is 0.0131. The number of rotatable bonds is 6. The molecule has 4 rings (SSSR count). The van der Waals surface area contributed by atoms with Crippen LogP contribution in [-0.4, -0.2) is 41.8 Å². The fraction of sp³-hybridized carbons (Fsp3) is 0.286. The second kappa shape index (κ2) is 9.80. The van der Waals surface area contributed by atoms with Gasteiger partial charge in [-0.05, 0) is 49.2 Å². The van der Waals surface area contributed by atoms with Crippen LogP contribution < -0.4 is 5.32 Å². The third-order valence-corrected chi connectivity index (χ3v) is 7.09. The molecule has 7 nitrogen and oxygen atoms in total. The van der Waals surface area contributed by atoms with Crippen LogP contribution in [-0.2, 0) is 28.5 Å². The number of nitrogens with zero attached hydrogens (tertiary/aromatic N) is 4. The maximum atomic E-state index is 13.2. The van der Waals surface area contributed by atoms with Crippen molar-refractivity contribution < 1.29 is 26.6 Å². The van der Waals surface area contributed by atoms with Gasteiger partial charge in [0.2, 0.25) is 5.91 Å². The van der Waals surface area contributed by atoms with E-state index in [9.17, 15) is 26.6 Å². The van der Waals surface area contributed by atoms with Gasteiger partial charge in [0.05, 0.1) is 16.8 Å². The van der Waals surface area contributed by atoms with Gasteiger partial charge in [-0.2, -0.15) is 18.3 Å². The average molecular weight is 516 g/mol. The van der Waals surface area contributed by atoms with E-state index in [4.69, 9.17) is 11.6 Å². The Bertz CT molecular complexity index is 1200. The van der Waals surface area contributed by atoms with Gasteiger partial charge in [-0.25, -0.2) is 22.6 Å². The van der Waals surface area contributed by atoms with Crippen LogP contribution >= 0.6 is 11.6 Å². The number of hydrogen-bond donors (Lipinski definition) is 1. The van der Waals surface area contributed by atoms with Crippen LogP contribution in [0.25, 0.3) is 5.69 Å². The maximum absolute atomic E-state index is 13.2. The molecule has 1 unspecified atom stereocenters. The molecule has 1 amide bonds. The monoisotopic (exact) mass is 515 g/mol. The highest BCUT2D eigenvalue weighted by atomic mass is 35.5. The maximum Gasteiger partial charge on any atom is 0.433 e. The number of aromatic nitrogens is 3. The summed E-state index contributed by atoms with van der Waals surface area (Å²) in [5.74, 6) is -0.797. The van der Waals surface area contributed by atoms with Crippen LogP contribution in [0.15, 0.2) is 53.7 Å². The number of amides is 1. The zero-order valence-electron chi connectivity index (χ0n) is 17.4. The highest BCUT2D eigenvalue weighted by Gasteiger charge is 2.35. The molecule has 0 radical (unpaired) electrons. The second-order valence-corrected chi connectivity index (χ2v) is 9.31. The molecule has 13 heteroatoms. The van der Waals surface area contributed by atoms with E-state index in [-0.39, 0.29) is 23.3 Å². The first-order valence-electron chi connectivity index (χ1n) is 10.1. The van der Waals surface area contributed by atoms with Crippen LogP contribution in [0.4, 0.5) is 17.6 Å². The summed E-state index contributed by atoms with van der Waals surface area (Å²) in [5.41, 5.74) is -0.315. The Morgan fingerprint density at radius 3 is 2.59 bits per heavy atom. The highest BCUT2D eigenvalue weighted by molar-refractivity contribution is 7.82. The van der Waals surface area contributed by atoms with Gasteiger partial charge in [-0.1, -0.05) is 11.6 Å². The molecule has 0 spiro atoms. The Morgan fingerprint density at radius 1 is 1.21 bits per heavy atom. The van der Waals surface area contributed by atoms with Gasteiger partial charge in [-0.15, -0.1) is 0 Å². The lowest BCUT2D eigenvalue weighted by molar-refractivity contribution is -0.141. The molecule has 0 saturated carbocycles. The minimum atomic E-state index is -4.55. The van der Waals surface area contributed by atoms with E-state index in [0.29, 0.717) is 29.8 Å². The number of pyridine rings is 1. The second-order valence-electron chi connectivity index (χ2n) is 7.51. The molecule has 1 fully saturated rings. The Morgan fingerprint density at radius 2 is 1.94 bits per heavy atom. The van der Waals surface area contributed by atoms with Crippen LogP contribution in [0.2, 0.25) is 5.15 Å². The molecule has 1 aliphatic rings. The molecule has 1 N–H and O–H groups in total. The third kappa shape index (κ3) is 5.29. The van der Waals surface area contributed by atoms with E-state index < -0.39 is 34.7 Å². The van der Waals surface area contributed by atoms with Crippen LogP contribution in [0.3, 0.4) is 0 Å². The minimum Gasteiger partial charge on any atom is -0.350 e. The summed E-state index contributed by atoms with van der Waals surface area (Å²) in [6.45, 7) is 0.459. The first kappa shape index (κ1) is 24.3. The van der Waals surface area contributed by atoms with Gasteiger partial charge in [0.1, 0.15) is 28.5 Å². The summed E-state index contributed by atoms with van der Waals surface area (Å²) in [5, 5.41) is 6.87. The van der Waals surface area contributed by atoms with E-state index in [1.54, 1.807) is 4.31 Å². The average Bonchev–Trinajstić information content (AvgIpc) is 3.44. The van der Waals surface area contributed by atoms with Crippen LogP contribution in [0.1, 0.15) is 24.1 Å². The third-order valence-electron chi connectivity index (χ3n) is 5.23. The van der Waals surface area contributed by atoms with E-state index in [2.05, 4.69) is 15.4 Å². The largest absolute Gasteiger partial charge is 0.433 e. The van der Waals surface area contributed by atoms with Gasteiger partial charge >= 0.3 is 6.18 Å². The molecule has 1 aliphatic heterocycles. The van der Waals surface area contributed by atoms with Crippen molar-refractivity contribution in [2.45, 2.75) is 36.5 Å². The van der Waals surface area contributed by atoms with Crippen molar-refractivity contribution >= 4 is 28.5 Å². The summed E-state index contributed by atoms with van der Waals surface area (Å²) in [7, 11) is -1.62. The Kier molecular flexibility index (Phi) is 7.01. The van der Waals surface area contributed by atoms with E-state index in [1.165, 1.54) is 41.2 Å². The molecule has 0 bridgehead atoms. The molecule has 3 aromatic rings. The molecule has 180 valence electrons. The highest BCUT2D eigenvalue weighted by Crippen LogP contribution is 2.28. The molecule has 1 aromatic carbocycles. The van der Waals surface area contributed by atoms with Crippen molar-refractivity contribution in [2.75, 3.05) is 6.54 Å². The number of benzene rings is 1. The number of carbonyl (C=O) groups is 1. The Labute approximate surface area is 199 Å². The zero-order chi connectivity index (χ0) is 24.5. The number of hydrogen-bond acceptors (Lipinski definition) is 4. The normalized spacial score (nSPS) is 17.6. The summed E-state index contributed by atoms with van der Waals surface area (Å²) in [6, 6.07) is 6.67. The predicted molar refractivity (Wildman–Crippen MR) is 116 cm³/mol. The lowest BCUT2D eigenvalue weighted by atomic mass is 10.2. The molecule has 2 aromatic heterocycles. The first-order chi connectivity index (χ1) is 16.1. The van der Waals surface area contributed by atoms with Gasteiger partial charge in [0.25, 0.3) is 0 Å². The van der Waals surface area contributed by atoms with E-state index >= 15 is 0 Å². The van der Waals surface area contributed by atoms with E-state index in [0.717, 1.165) is 12.3 Å². The quantitative estimate of drug-likeness (QED) is 0.505. The number of nitrogens with one attached hydrogen (secondary N) is 1. The molecular formula is C21H18ClF4N5O2S. The van der Waals surface area contributed by atoms with Crippen molar-refractivity contribution in [1.82, 2.24) is 24.4 Å². The number of carbonyl (C=O) groups excluding carboxylic acids is 1. The summed E-state index contributed by atoms with van der Waals surface area (Å²) in [6.07, 6.45) is -0.872. The van der Waals surface area contributed by atoms with Crippen molar-refractivity contribution in [1.29, 1.82) is 0 Å². The number of alkyl halides is 3. The zero-order valence-corrected chi connectivity index (χ0v) is 19.0. The Balaban J connectivity index is 1.41. The van der Waals surface area contributed by atoms with Crippen molar-refractivity contribution in [3.63, 3.8) is 0 Å². The standard InChI is InChI=1S/C21H18ClF4N5O2S/c22-19-13(12-30(29-19)15-5-8-18(27-11-15)21(24,25)26)10-28-20(32)17-2-1-9-31(17)34(33)16-6-3-14(23)4-7-16/h3-8,11-12,17H,1-2,9-10H2,(H,28,32)/t17-,34?/m0/s1. The van der Waals surface area contributed by atoms with Crippen molar-refractivity contribution in [3.8, 4) is 5.69 Å². The van der Waals surface area contributed by atoms with Crippen LogP contribution in [0, 0.1) is 5.82 Å². The fourth-order valence-corrected chi connectivity index (χ4v) is 5.08. The topological polar surface area (TPSA) is 80.1 Å². The van der Waals surface area contributed by atoms with Gasteiger partial charge in [0.15, 0.2) is 5.15 Å². The van der Waals surface area contributed by atoms with Gasteiger partial charge in [-0.3, -0.25) is 4.79 Å².